The minimum absolute atomic E-state index is 0.554. The minimum atomic E-state index is -0.944. The molecule has 4 rings (SSSR count). The van der Waals surface area contributed by atoms with E-state index < -0.39 is 5.79 Å². The van der Waals surface area contributed by atoms with Gasteiger partial charge < -0.3 is 9.47 Å². The molecular weight excluding hydrogens is 444 g/mol. The first-order valence-electron chi connectivity index (χ1n) is 12.0. The lowest BCUT2D eigenvalue weighted by Crippen LogP contribution is -2.32. The van der Waals surface area contributed by atoms with Crippen molar-refractivity contribution >= 4 is 0 Å². The van der Waals surface area contributed by atoms with Gasteiger partial charge in [-0.15, -0.1) is 5.10 Å². The van der Waals surface area contributed by atoms with Crippen LogP contribution in [0.4, 0.5) is 0 Å². The fourth-order valence-corrected chi connectivity index (χ4v) is 4.11. The van der Waals surface area contributed by atoms with Gasteiger partial charge in [0.15, 0.2) is 5.82 Å². The Labute approximate surface area is 205 Å². The zero-order valence-electron chi connectivity index (χ0n) is 20.7. The first kappa shape index (κ1) is 24.6. The van der Waals surface area contributed by atoms with Crippen molar-refractivity contribution in [1.82, 2.24) is 40.4 Å². The highest BCUT2D eigenvalue weighted by atomic mass is 16.7. The molecule has 0 bridgehead atoms. The summed E-state index contributed by atoms with van der Waals surface area (Å²) in [6.45, 7) is 5.02. The molecule has 0 fully saturated rings. The summed E-state index contributed by atoms with van der Waals surface area (Å²) in [4.78, 5) is 9.59. The number of aryl methyl sites for hydroxylation is 1. The smallest absolute Gasteiger partial charge is 0.231 e. The number of aromatic nitrogens is 8. The number of nitrogens with one attached hydrogen (secondary N) is 1. The molecule has 0 amide bonds. The van der Waals surface area contributed by atoms with E-state index in [9.17, 15) is 0 Å². The lowest BCUT2D eigenvalue weighted by molar-refractivity contribution is -0.226. The van der Waals surface area contributed by atoms with Crippen molar-refractivity contribution < 1.29 is 9.47 Å². The number of unbranched alkanes of at least 4 members (excludes halogenated alkanes) is 1. The first-order valence-corrected chi connectivity index (χ1v) is 12.0. The van der Waals surface area contributed by atoms with E-state index in [1.807, 2.05) is 41.2 Å². The maximum atomic E-state index is 5.79. The van der Waals surface area contributed by atoms with Gasteiger partial charge in [0.05, 0.1) is 0 Å². The number of H-pyrrole nitrogens is 1. The van der Waals surface area contributed by atoms with Crippen LogP contribution >= 0.6 is 0 Å². The van der Waals surface area contributed by atoms with Crippen molar-refractivity contribution in [2.45, 2.75) is 58.3 Å². The Kier molecular flexibility index (Phi) is 7.94. The Balaban J connectivity index is 1.61. The van der Waals surface area contributed by atoms with E-state index in [0.29, 0.717) is 24.5 Å². The van der Waals surface area contributed by atoms with Crippen molar-refractivity contribution in [2.75, 3.05) is 14.2 Å². The molecule has 0 aliphatic heterocycles. The summed E-state index contributed by atoms with van der Waals surface area (Å²) in [5.74, 6) is 1.07. The lowest BCUT2D eigenvalue weighted by atomic mass is 10.0. The van der Waals surface area contributed by atoms with Crippen LogP contribution in [0.3, 0.4) is 0 Å². The van der Waals surface area contributed by atoms with Gasteiger partial charge in [-0.25, -0.2) is 14.8 Å². The van der Waals surface area contributed by atoms with Crippen LogP contribution in [0.15, 0.2) is 42.6 Å². The van der Waals surface area contributed by atoms with Crippen LogP contribution in [0.25, 0.3) is 22.5 Å². The van der Waals surface area contributed by atoms with Crippen molar-refractivity contribution in [3.8, 4) is 22.5 Å². The molecule has 184 valence electrons. The second-order valence-corrected chi connectivity index (χ2v) is 8.35. The molecule has 1 aromatic carbocycles. The monoisotopic (exact) mass is 476 g/mol. The van der Waals surface area contributed by atoms with Gasteiger partial charge in [-0.2, -0.15) is 5.10 Å². The standard InChI is InChI=1S/C25H32N8O2/c1-5-7-14-25(34-3,35-4)24-27-22(33(30-24)15-6-2)16-19-13-12-18(17-26-19)20-10-8-9-11-21(20)23-28-31-32-29-23/h8-13,17H,5-7,14-16H2,1-4H3,(H,28,29,31,32). The summed E-state index contributed by atoms with van der Waals surface area (Å²) >= 11 is 0. The van der Waals surface area contributed by atoms with Gasteiger partial charge in [-0.05, 0) is 34.9 Å². The maximum Gasteiger partial charge on any atom is 0.231 e. The minimum Gasteiger partial charge on any atom is -0.347 e. The Morgan fingerprint density at radius 1 is 1.00 bits per heavy atom. The number of methoxy groups -OCH3 is 2. The second kappa shape index (κ2) is 11.3. The molecule has 10 nitrogen and oxygen atoms in total. The molecule has 0 unspecified atom stereocenters. The van der Waals surface area contributed by atoms with Crippen LogP contribution in [-0.4, -0.2) is 54.6 Å². The number of ether oxygens (including phenoxy) is 2. The van der Waals surface area contributed by atoms with Gasteiger partial charge in [-0.1, -0.05) is 50.6 Å². The van der Waals surface area contributed by atoms with Crippen molar-refractivity contribution in [3.05, 3.63) is 59.9 Å². The van der Waals surface area contributed by atoms with Crippen LogP contribution in [0, 0.1) is 0 Å². The summed E-state index contributed by atoms with van der Waals surface area (Å²) in [6.07, 6.45) is 6.04. The molecule has 10 heteroatoms. The van der Waals surface area contributed by atoms with Gasteiger partial charge in [0.25, 0.3) is 0 Å². The number of aromatic amines is 1. The van der Waals surface area contributed by atoms with Crippen LogP contribution in [0.1, 0.15) is 56.9 Å². The number of hydrogen-bond acceptors (Lipinski definition) is 8. The molecule has 0 atom stereocenters. The molecule has 0 saturated heterocycles. The summed E-state index contributed by atoms with van der Waals surface area (Å²) in [6, 6.07) is 12.0. The van der Waals surface area contributed by atoms with Crippen LogP contribution in [0.2, 0.25) is 0 Å². The highest BCUT2D eigenvalue weighted by molar-refractivity contribution is 5.79. The molecule has 0 aliphatic rings. The number of tetrazole rings is 1. The third-order valence-electron chi connectivity index (χ3n) is 6.05. The zero-order valence-corrected chi connectivity index (χ0v) is 20.7. The normalized spacial score (nSPS) is 11.8. The average molecular weight is 477 g/mol. The van der Waals surface area contributed by atoms with Gasteiger partial charge >= 0.3 is 0 Å². The highest BCUT2D eigenvalue weighted by Crippen LogP contribution is 2.31. The van der Waals surface area contributed by atoms with E-state index in [1.54, 1.807) is 14.2 Å². The van der Waals surface area contributed by atoms with Gasteiger partial charge in [0.2, 0.25) is 11.6 Å². The van der Waals surface area contributed by atoms with E-state index in [1.165, 1.54) is 0 Å². The Morgan fingerprint density at radius 3 is 2.43 bits per heavy atom. The van der Waals surface area contributed by atoms with Gasteiger partial charge in [0, 0.05) is 56.6 Å². The number of nitrogens with zero attached hydrogens (tertiary/aromatic N) is 7. The number of pyridine rings is 1. The van der Waals surface area contributed by atoms with E-state index >= 15 is 0 Å². The van der Waals surface area contributed by atoms with Gasteiger partial charge in [0.1, 0.15) is 5.82 Å². The summed E-state index contributed by atoms with van der Waals surface area (Å²) in [5, 5.41) is 19.0. The molecule has 4 aromatic rings. The summed E-state index contributed by atoms with van der Waals surface area (Å²) in [7, 11) is 3.29. The molecule has 1 N–H and O–H groups in total. The van der Waals surface area contributed by atoms with E-state index in [-0.39, 0.29) is 0 Å². The molecule has 0 aliphatic carbocycles. The Hall–Kier alpha value is -3.50. The Morgan fingerprint density at radius 2 is 1.80 bits per heavy atom. The second-order valence-electron chi connectivity index (χ2n) is 8.35. The molecule has 0 radical (unpaired) electrons. The number of hydrogen-bond donors (Lipinski definition) is 1. The van der Waals surface area contributed by atoms with Crippen LogP contribution in [0.5, 0.6) is 0 Å². The van der Waals surface area contributed by atoms with Crippen molar-refractivity contribution in [3.63, 3.8) is 0 Å². The fraction of sp³-hybridized carbons (Fsp3) is 0.440. The maximum absolute atomic E-state index is 5.79. The van der Waals surface area contributed by atoms with Crippen LogP contribution < -0.4 is 0 Å². The third kappa shape index (κ3) is 5.28. The molecule has 0 spiro atoms. The van der Waals surface area contributed by atoms with Crippen molar-refractivity contribution in [2.24, 2.45) is 0 Å². The SMILES string of the molecule is CCCCC(OC)(OC)c1nc(Cc2ccc(-c3ccccc3-c3nnn[nH]3)cn2)n(CCC)n1. The highest BCUT2D eigenvalue weighted by Gasteiger charge is 2.37. The molecule has 3 heterocycles. The summed E-state index contributed by atoms with van der Waals surface area (Å²) in [5.41, 5.74) is 3.80. The first-order chi connectivity index (χ1) is 17.1. The van der Waals surface area contributed by atoms with E-state index in [2.05, 4.69) is 40.5 Å². The third-order valence-corrected chi connectivity index (χ3v) is 6.05. The van der Waals surface area contributed by atoms with E-state index in [4.69, 9.17) is 24.5 Å². The fourth-order valence-electron chi connectivity index (χ4n) is 4.11. The van der Waals surface area contributed by atoms with Crippen LogP contribution in [-0.2, 0) is 28.2 Å². The molecule has 3 aromatic heterocycles. The molecule has 0 saturated carbocycles. The lowest BCUT2D eigenvalue weighted by Gasteiger charge is -2.27. The van der Waals surface area contributed by atoms with Gasteiger partial charge in [-0.3, -0.25) is 4.98 Å². The zero-order chi connectivity index (χ0) is 24.7. The predicted molar refractivity (Wildman–Crippen MR) is 131 cm³/mol. The quantitative estimate of drug-likeness (QED) is 0.303. The number of rotatable bonds is 12. The summed E-state index contributed by atoms with van der Waals surface area (Å²) < 4.78 is 13.5. The molecular formula is C25H32N8O2. The topological polar surface area (TPSA) is 117 Å². The van der Waals surface area contributed by atoms with E-state index in [0.717, 1.165) is 54.0 Å². The number of benzene rings is 1. The largest absolute Gasteiger partial charge is 0.347 e. The predicted octanol–water partition coefficient (Wildman–Crippen LogP) is 4.16. The average Bonchev–Trinajstić information content (AvgIpc) is 3.57. The van der Waals surface area contributed by atoms with Crippen molar-refractivity contribution in [1.29, 1.82) is 0 Å². The Bertz CT molecular complexity index is 1200. The molecule has 35 heavy (non-hydrogen) atoms.